The summed E-state index contributed by atoms with van der Waals surface area (Å²) in [6.45, 7) is 5.66. The molecule has 12 heteroatoms. The van der Waals surface area contributed by atoms with E-state index in [0.29, 0.717) is 18.7 Å². The van der Waals surface area contributed by atoms with Crippen molar-refractivity contribution in [3.05, 3.63) is 62.0 Å². The molecule has 2 aliphatic heterocycles. The van der Waals surface area contributed by atoms with Crippen LogP contribution in [0.2, 0.25) is 5.02 Å². The number of oxime groups is 1. The van der Waals surface area contributed by atoms with Crippen molar-refractivity contribution < 1.29 is 28.3 Å². The van der Waals surface area contributed by atoms with Gasteiger partial charge in [0.05, 0.1) is 11.8 Å². The van der Waals surface area contributed by atoms with Crippen LogP contribution >= 0.6 is 11.6 Å². The summed E-state index contributed by atoms with van der Waals surface area (Å²) in [5.41, 5.74) is -1.13. The summed E-state index contributed by atoms with van der Waals surface area (Å²) >= 11 is 5.58. The third-order valence-corrected chi connectivity index (χ3v) is 7.16. The lowest BCUT2D eigenvalue weighted by molar-refractivity contribution is 0.0465. The highest BCUT2D eigenvalue weighted by atomic mass is 35.5. The van der Waals surface area contributed by atoms with Crippen LogP contribution in [-0.4, -0.2) is 51.3 Å². The molecule has 0 unspecified atom stereocenters. The van der Waals surface area contributed by atoms with Gasteiger partial charge in [-0.1, -0.05) is 29.7 Å². The third kappa shape index (κ3) is 4.43. The van der Waals surface area contributed by atoms with Crippen molar-refractivity contribution in [3.8, 4) is 5.75 Å². The van der Waals surface area contributed by atoms with Crippen LogP contribution in [0, 0.1) is 17.6 Å². The molecule has 2 amide bonds. The maximum atomic E-state index is 14.2. The van der Waals surface area contributed by atoms with Crippen molar-refractivity contribution in [2.45, 2.75) is 45.8 Å². The number of carbonyl (C=O) groups excluding carboxylic acids is 2. The second-order valence-corrected chi connectivity index (χ2v) is 9.39. The van der Waals surface area contributed by atoms with Gasteiger partial charge in [-0.05, 0) is 19.9 Å². The minimum Gasteiger partial charge on any atom is -0.503 e. The molecule has 36 heavy (non-hydrogen) atoms. The average Bonchev–Trinajstić information content (AvgIpc) is 2.85. The molecule has 2 N–H and O–H groups in total. The Morgan fingerprint density at radius 2 is 2.03 bits per heavy atom. The summed E-state index contributed by atoms with van der Waals surface area (Å²) in [6.07, 6.45) is 1.72. The van der Waals surface area contributed by atoms with E-state index >= 15 is 0 Å². The van der Waals surface area contributed by atoms with Crippen LogP contribution in [0.5, 0.6) is 5.75 Å². The van der Waals surface area contributed by atoms with Crippen molar-refractivity contribution >= 4 is 29.1 Å². The standard InChI is InChI=1S/C24H25ClF2N4O5/c1-11-6-7-36-29-13(3)12(2)17-10-30(11)24(35)20-22(33)21(32)15(9-31(17)20)23(34)28-8-14-4-5-16(26)18(25)19(14)27/h4-5,9,11-12,17,33H,6-8,10H2,1-3H3,(H,28,34)/b29-13-/t11-,12-,17+/m0/s1. The van der Waals surface area contributed by atoms with Crippen LogP contribution in [0.1, 0.15) is 59.6 Å². The number of rotatable bonds is 3. The van der Waals surface area contributed by atoms with Gasteiger partial charge in [-0.25, -0.2) is 8.78 Å². The quantitative estimate of drug-likeness (QED) is 0.601. The third-order valence-electron chi connectivity index (χ3n) is 6.82. The number of aromatic hydroxyl groups is 1. The van der Waals surface area contributed by atoms with Crippen molar-refractivity contribution in [2.24, 2.45) is 11.1 Å². The Kier molecular flexibility index (Phi) is 7.03. The van der Waals surface area contributed by atoms with Crippen LogP contribution in [-0.2, 0) is 11.4 Å². The van der Waals surface area contributed by atoms with Crippen LogP contribution < -0.4 is 10.7 Å². The summed E-state index contributed by atoms with van der Waals surface area (Å²) in [5.74, 6) is -4.55. The first kappa shape index (κ1) is 25.6. The summed E-state index contributed by atoms with van der Waals surface area (Å²) in [7, 11) is 0. The number of fused-ring (bicyclic) bond motifs is 4. The SMILES string of the molecule is C/C1=N/OCC[C@H](C)N2C[C@H]([C@H]1C)n1cc(C(=O)NCc3ccc(F)c(Cl)c3F)c(=O)c(O)c1C2=O. The van der Waals surface area contributed by atoms with E-state index in [1.54, 1.807) is 11.8 Å². The zero-order chi connectivity index (χ0) is 26.3. The molecule has 2 bridgehead atoms. The number of aromatic nitrogens is 1. The molecular weight excluding hydrogens is 498 g/mol. The molecule has 3 atom stereocenters. The normalized spacial score (nSPS) is 23.3. The maximum absolute atomic E-state index is 14.2. The predicted molar refractivity (Wildman–Crippen MR) is 127 cm³/mol. The zero-order valence-corrected chi connectivity index (χ0v) is 20.6. The fourth-order valence-corrected chi connectivity index (χ4v) is 4.59. The summed E-state index contributed by atoms with van der Waals surface area (Å²) in [4.78, 5) is 46.1. The van der Waals surface area contributed by atoms with E-state index in [1.807, 2.05) is 13.8 Å². The van der Waals surface area contributed by atoms with Gasteiger partial charge in [0.1, 0.15) is 28.8 Å². The molecule has 3 heterocycles. The van der Waals surface area contributed by atoms with Gasteiger partial charge in [-0.3, -0.25) is 14.4 Å². The molecule has 1 aromatic carbocycles. The number of carbonyl (C=O) groups is 2. The molecule has 2 aromatic rings. The highest BCUT2D eigenvalue weighted by molar-refractivity contribution is 6.30. The fourth-order valence-electron chi connectivity index (χ4n) is 4.40. The molecule has 0 spiro atoms. The monoisotopic (exact) mass is 522 g/mol. The molecule has 0 saturated carbocycles. The van der Waals surface area contributed by atoms with Gasteiger partial charge in [0.2, 0.25) is 5.43 Å². The Morgan fingerprint density at radius 3 is 2.75 bits per heavy atom. The van der Waals surface area contributed by atoms with Gasteiger partial charge in [-0.15, -0.1) is 0 Å². The Hall–Kier alpha value is -3.47. The summed E-state index contributed by atoms with van der Waals surface area (Å²) in [5, 5.41) is 16.6. The maximum Gasteiger partial charge on any atom is 0.274 e. The number of halogens is 3. The highest BCUT2D eigenvalue weighted by Crippen LogP contribution is 2.33. The van der Waals surface area contributed by atoms with E-state index in [0.717, 1.165) is 12.1 Å². The van der Waals surface area contributed by atoms with Crippen molar-refractivity contribution in [3.63, 3.8) is 0 Å². The number of hydrogen-bond acceptors (Lipinski definition) is 6. The molecule has 9 nitrogen and oxygen atoms in total. The Morgan fingerprint density at radius 1 is 1.31 bits per heavy atom. The minimum atomic E-state index is -1.04. The number of hydrogen-bond donors (Lipinski definition) is 2. The number of nitrogens with one attached hydrogen (secondary N) is 1. The smallest absolute Gasteiger partial charge is 0.274 e. The predicted octanol–water partition coefficient (Wildman–Crippen LogP) is 3.23. The van der Waals surface area contributed by atoms with Crippen molar-refractivity contribution in [1.82, 2.24) is 14.8 Å². The molecule has 0 fully saturated rings. The molecule has 192 valence electrons. The summed E-state index contributed by atoms with van der Waals surface area (Å²) < 4.78 is 29.1. The van der Waals surface area contributed by atoms with Crippen molar-refractivity contribution in [2.75, 3.05) is 13.2 Å². The van der Waals surface area contributed by atoms with E-state index in [2.05, 4.69) is 10.5 Å². The lowest BCUT2D eigenvalue weighted by Gasteiger charge is -2.42. The molecule has 2 aliphatic rings. The number of amides is 2. The van der Waals surface area contributed by atoms with E-state index in [-0.39, 0.29) is 36.3 Å². The first-order chi connectivity index (χ1) is 17.0. The van der Waals surface area contributed by atoms with E-state index < -0.39 is 51.3 Å². The van der Waals surface area contributed by atoms with Gasteiger partial charge in [0, 0.05) is 43.2 Å². The number of nitrogens with zero attached hydrogens (tertiary/aromatic N) is 3. The Labute approximate surface area is 210 Å². The van der Waals surface area contributed by atoms with Crippen LogP contribution in [0.25, 0.3) is 0 Å². The topological polar surface area (TPSA) is 113 Å². The Balaban J connectivity index is 1.74. The number of pyridine rings is 1. The largest absolute Gasteiger partial charge is 0.503 e. The van der Waals surface area contributed by atoms with E-state index in [1.165, 1.54) is 10.8 Å². The zero-order valence-electron chi connectivity index (χ0n) is 19.8. The lowest BCUT2D eigenvalue weighted by Crippen LogP contribution is -2.51. The van der Waals surface area contributed by atoms with Gasteiger partial charge in [-0.2, -0.15) is 0 Å². The fraction of sp³-hybridized carbons (Fsp3) is 0.417. The van der Waals surface area contributed by atoms with Gasteiger partial charge >= 0.3 is 0 Å². The second kappa shape index (κ2) is 9.88. The van der Waals surface area contributed by atoms with Gasteiger partial charge < -0.3 is 24.7 Å². The minimum absolute atomic E-state index is 0.0929. The highest BCUT2D eigenvalue weighted by Gasteiger charge is 2.40. The molecule has 1 aromatic heterocycles. The second-order valence-electron chi connectivity index (χ2n) is 9.01. The van der Waals surface area contributed by atoms with Gasteiger partial charge in [0.25, 0.3) is 11.8 Å². The van der Waals surface area contributed by atoms with Crippen molar-refractivity contribution in [1.29, 1.82) is 0 Å². The first-order valence-electron chi connectivity index (χ1n) is 11.4. The van der Waals surface area contributed by atoms with Gasteiger partial charge in [0.15, 0.2) is 11.4 Å². The lowest BCUT2D eigenvalue weighted by atomic mass is 9.92. The molecule has 4 rings (SSSR count). The number of benzene rings is 1. The van der Waals surface area contributed by atoms with E-state index in [4.69, 9.17) is 16.4 Å². The first-order valence-corrected chi connectivity index (χ1v) is 11.8. The van der Waals surface area contributed by atoms with Crippen LogP contribution in [0.3, 0.4) is 0 Å². The molecule has 0 radical (unpaired) electrons. The Bertz CT molecular complexity index is 1330. The van der Waals surface area contributed by atoms with Crippen LogP contribution in [0.15, 0.2) is 28.3 Å². The molecular formula is C24H25ClF2N4O5. The molecule has 0 saturated heterocycles. The van der Waals surface area contributed by atoms with Crippen LogP contribution in [0.4, 0.5) is 8.78 Å². The average molecular weight is 523 g/mol. The molecule has 0 aliphatic carbocycles. The summed E-state index contributed by atoms with van der Waals surface area (Å²) in [6, 6.07) is 1.37. The van der Waals surface area contributed by atoms with E-state index in [9.17, 15) is 28.3 Å².